The van der Waals surface area contributed by atoms with Gasteiger partial charge < -0.3 is 23.4 Å². The lowest BCUT2D eigenvalue weighted by molar-refractivity contribution is -0.157. The first-order valence-electron chi connectivity index (χ1n) is 16.2. The third kappa shape index (κ3) is 12.7. The molecule has 0 aromatic carbocycles. The number of allylic oxidation sites excluding steroid dienone is 2. The molecule has 1 aliphatic heterocycles. The van der Waals surface area contributed by atoms with E-state index in [9.17, 15) is 14.7 Å². The van der Waals surface area contributed by atoms with Crippen molar-refractivity contribution in [2.75, 3.05) is 6.61 Å². The summed E-state index contributed by atoms with van der Waals surface area (Å²) in [4.78, 5) is 25.4. The minimum atomic E-state index is -2.23. The zero-order chi connectivity index (χ0) is 34.3. The maximum atomic E-state index is 13.4. The molecule has 0 fully saturated rings. The summed E-state index contributed by atoms with van der Waals surface area (Å²) >= 11 is 0. The van der Waals surface area contributed by atoms with Gasteiger partial charge in [0.2, 0.25) is 0 Å². The second-order valence-corrected chi connectivity index (χ2v) is 25.7. The number of hydrogen-bond donors (Lipinski definition) is 1. The summed E-state index contributed by atoms with van der Waals surface area (Å²) in [7, 11) is -4.06. The second kappa shape index (κ2) is 15.8. The van der Waals surface area contributed by atoms with Crippen molar-refractivity contribution in [3.05, 3.63) is 36.0 Å². The SMILES string of the molecule is CC(=O)O[C@H]1/C=C/[C@H](C)[C@@H](/C(C)=C/C=C/[C@@H](C)CO[Si](C)(C)C(C)(C)C)OC(=O)C[C@H](O[Si](C)(C)C(C)(C)C)CC[C@@]1(C)O. The highest BCUT2D eigenvalue weighted by molar-refractivity contribution is 6.74. The molecule has 1 aliphatic rings. The Hall–Kier alpha value is -1.53. The average Bonchev–Trinajstić information content (AvgIpc) is 2.84. The molecule has 44 heavy (non-hydrogen) atoms. The summed E-state index contributed by atoms with van der Waals surface area (Å²) < 4.78 is 24.8. The molecule has 9 heteroatoms. The zero-order valence-corrected chi connectivity index (χ0v) is 32.5. The Balaban J connectivity index is 3.34. The van der Waals surface area contributed by atoms with E-state index in [0.717, 1.165) is 5.57 Å². The van der Waals surface area contributed by atoms with Crippen LogP contribution in [0, 0.1) is 11.8 Å². The quantitative estimate of drug-likeness (QED) is 0.116. The first-order chi connectivity index (χ1) is 19.8. The monoisotopic (exact) mass is 652 g/mol. The van der Waals surface area contributed by atoms with E-state index in [1.807, 2.05) is 32.1 Å². The molecule has 0 aromatic heterocycles. The van der Waals surface area contributed by atoms with E-state index in [1.165, 1.54) is 6.92 Å². The molecule has 0 radical (unpaired) electrons. The van der Waals surface area contributed by atoms with Gasteiger partial charge in [-0.1, -0.05) is 79.7 Å². The van der Waals surface area contributed by atoms with Crippen LogP contribution in [-0.4, -0.2) is 64.2 Å². The molecule has 0 unspecified atom stereocenters. The van der Waals surface area contributed by atoms with Crippen LogP contribution in [-0.2, 0) is 27.9 Å². The first-order valence-corrected chi connectivity index (χ1v) is 22.0. The topological polar surface area (TPSA) is 91.3 Å². The Morgan fingerprint density at radius 3 is 2.18 bits per heavy atom. The van der Waals surface area contributed by atoms with Gasteiger partial charge in [0.1, 0.15) is 17.8 Å². The van der Waals surface area contributed by atoms with E-state index in [1.54, 1.807) is 13.0 Å². The summed E-state index contributed by atoms with van der Waals surface area (Å²) in [5.74, 6) is -0.812. The summed E-state index contributed by atoms with van der Waals surface area (Å²) in [5.41, 5.74) is -0.454. The molecule has 0 saturated carbocycles. The van der Waals surface area contributed by atoms with Gasteiger partial charge in [-0.25, -0.2) is 0 Å². The van der Waals surface area contributed by atoms with E-state index >= 15 is 0 Å². The highest BCUT2D eigenvalue weighted by Crippen LogP contribution is 2.39. The van der Waals surface area contributed by atoms with E-state index in [0.29, 0.717) is 19.4 Å². The summed E-state index contributed by atoms with van der Waals surface area (Å²) in [6.07, 6.45) is 8.67. The second-order valence-electron chi connectivity index (χ2n) is 16.1. The van der Waals surface area contributed by atoms with Crippen molar-refractivity contribution < 1.29 is 33.0 Å². The minimum absolute atomic E-state index is 0.0539. The molecule has 1 N–H and O–H groups in total. The number of cyclic esters (lactones) is 1. The Morgan fingerprint density at radius 2 is 1.66 bits per heavy atom. The summed E-state index contributed by atoms with van der Waals surface area (Å²) in [6, 6.07) is 0. The number of carbonyl (C=O) groups excluding carboxylic acids is 2. The lowest BCUT2D eigenvalue weighted by Crippen LogP contribution is -2.46. The molecule has 0 aliphatic carbocycles. The van der Waals surface area contributed by atoms with Gasteiger partial charge in [-0.15, -0.1) is 0 Å². The maximum Gasteiger partial charge on any atom is 0.308 e. The molecule has 1 rings (SSSR count). The fraction of sp³-hybridized carbons (Fsp3) is 0.771. The summed E-state index contributed by atoms with van der Waals surface area (Å²) in [5, 5.41) is 11.6. The lowest BCUT2D eigenvalue weighted by atomic mass is 9.88. The predicted molar refractivity (Wildman–Crippen MR) is 185 cm³/mol. The molecular formula is C35H64O7Si2. The predicted octanol–water partition coefficient (Wildman–Crippen LogP) is 8.51. The van der Waals surface area contributed by atoms with Crippen molar-refractivity contribution in [1.82, 2.24) is 0 Å². The molecule has 0 aromatic rings. The zero-order valence-electron chi connectivity index (χ0n) is 30.5. The van der Waals surface area contributed by atoms with Gasteiger partial charge in [0.05, 0.1) is 12.5 Å². The van der Waals surface area contributed by atoms with Gasteiger partial charge in [-0.2, -0.15) is 0 Å². The van der Waals surface area contributed by atoms with Gasteiger partial charge in [-0.3, -0.25) is 9.59 Å². The average molecular weight is 653 g/mol. The van der Waals surface area contributed by atoms with Crippen LogP contribution in [0.1, 0.15) is 95.4 Å². The van der Waals surface area contributed by atoms with Crippen LogP contribution < -0.4 is 0 Å². The van der Waals surface area contributed by atoms with Gasteiger partial charge in [-0.05, 0) is 80.5 Å². The van der Waals surface area contributed by atoms with Gasteiger partial charge in [0.25, 0.3) is 0 Å². The standard InChI is InChI=1S/C35H64O7Si2/c1-25(24-39-43(12,13)33(5,6)7)17-16-18-26(2)32-27(3)19-20-30(40-28(4)36)35(11,38)22-21-29(23-31(37)41-32)42-44(14,15)34(8,9)10/h16-20,25,27,29-30,32,38H,21-24H2,1-15H3/b17-16+,20-19+,26-18+/t25-,27+,29-,30+,32-,35-/m1/s1. The van der Waals surface area contributed by atoms with Crippen molar-refractivity contribution in [2.24, 2.45) is 11.8 Å². The first kappa shape index (κ1) is 40.5. The van der Waals surface area contributed by atoms with Crippen LogP contribution in [0.2, 0.25) is 36.3 Å². The lowest BCUT2D eigenvalue weighted by Gasteiger charge is -2.40. The molecule has 0 bridgehead atoms. The largest absolute Gasteiger partial charge is 0.457 e. The number of hydrogen-bond acceptors (Lipinski definition) is 7. The van der Waals surface area contributed by atoms with Crippen LogP contribution in [0.3, 0.4) is 0 Å². The van der Waals surface area contributed by atoms with E-state index in [4.69, 9.17) is 18.3 Å². The van der Waals surface area contributed by atoms with Crippen molar-refractivity contribution >= 4 is 28.6 Å². The van der Waals surface area contributed by atoms with Crippen LogP contribution in [0.4, 0.5) is 0 Å². The molecule has 254 valence electrons. The number of esters is 2. The maximum absolute atomic E-state index is 13.4. The van der Waals surface area contributed by atoms with Crippen molar-refractivity contribution in [3.63, 3.8) is 0 Å². The van der Waals surface area contributed by atoms with Gasteiger partial charge in [0, 0.05) is 19.4 Å². The van der Waals surface area contributed by atoms with Crippen molar-refractivity contribution in [1.29, 1.82) is 0 Å². The number of aliphatic hydroxyl groups is 1. The highest BCUT2D eigenvalue weighted by atomic mass is 28.4. The van der Waals surface area contributed by atoms with E-state index in [2.05, 4.69) is 80.7 Å². The van der Waals surface area contributed by atoms with Crippen LogP contribution in [0.5, 0.6) is 0 Å². The van der Waals surface area contributed by atoms with E-state index in [-0.39, 0.29) is 34.3 Å². The molecule has 6 atom stereocenters. The number of ether oxygens (including phenoxy) is 2. The minimum Gasteiger partial charge on any atom is -0.457 e. The number of carbonyl (C=O) groups is 2. The fourth-order valence-electron chi connectivity index (χ4n) is 4.42. The van der Waals surface area contributed by atoms with Gasteiger partial charge in [0.15, 0.2) is 16.6 Å². The normalized spacial score (nSPS) is 28.5. The Bertz CT molecular complexity index is 1040. The Labute approximate surface area is 271 Å². The third-order valence-electron chi connectivity index (χ3n) is 9.63. The van der Waals surface area contributed by atoms with Crippen LogP contribution in [0.15, 0.2) is 36.0 Å². The smallest absolute Gasteiger partial charge is 0.308 e. The third-order valence-corrected chi connectivity index (χ3v) is 18.7. The van der Waals surface area contributed by atoms with Crippen LogP contribution >= 0.6 is 0 Å². The number of rotatable bonds is 9. The van der Waals surface area contributed by atoms with E-state index < -0.39 is 46.5 Å². The molecule has 0 saturated heterocycles. The fourth-order valence-corrected chi connectivity index (χ4v) is 6.92. The van der Waals surface area contributed by atoms with Crippen molar-refractivity contribution in [3.8, 4) is 0 Å². The summed E-state index contributed by atoms with van der Waals surface area (Å²) in [6.45, 7) is 31.7. The molecule has 0 amide bonds. The Kier molecular flexibility index (Phi) is 14.6. The molecule has 1 heterocycles. The highest BCUT2D eigenvalue weighted by Gasteiger charge is 2.42. The Morgan fingerprint density at radius 1 is 1.09 bits per heavy atom. The molecular weight excluding hydrogens is 589 g/mol. The molecule has 0 spiro atoms. The van der Waals surface area contributed by atoms with Crippen molar-refractivity contribution in [2.45, 2.75) is 156 Å². The van der Waals surface area contributed by atoms with Crippen LogP contribution in [0.25, 0.3) is 0 Å². The molecule has 7 nitrogen and oxygen atoms in total. The van der Waals surface area contributed by atoms with Gasteiger partial charge >= 0.3 is 11.9 Å².